The summed E-state index contributed by atoms with van der Waals surface area (Å²) in [4.78, 5) is 19.5. The van der Waals surface area contributed by atoms with Crippen LogP contribution in [0.5, 0.6) is 5.75 Å². The molecule has 0 amide bonds. The van der Waals surface area contributed by atoms with Crippen molar-refractivity contribution in [2.75, 3.05) is 27.2 Å². The Bertz CT molecular complexity index is 1020. The molecule has 0 aliphatic carbocycles. The minimum atomic E-state index is -0.131. The van der Waals surface area contributed by atoms with Crippen LogP contribution in [-0.4, -0.2) is 47.7 Å². The second kappa shape index (κ2) is 9.39. The van der Waals surface area contributed by atoms with Gasteiger partial charge < -0.3 is 9.64 Å². The minimum Gasteiger partial charge on any atom is -0.494 e. The van der Waals surface area contributed by atoms with Crippen molar-refractivity contribution in [3.05, 3.63) is 76.2 Å². The van der Waals surface area contributed by atoms with Gasteiger partial charge in [0, 0.05) is 19.8 Å². The normalized spacial score (nSPS) is 11.5. The second-order valence-corrected chi connectivity index (χ2v) is 7.24. The van der Waals surface area contributed by atoms with E-state index in [1.54, 1.807) is 10.9 Å². The van der Waals surface area contributed by atoms with E-state index in [4.69, 9.17) is 4.74 Å². The molecule has 2 aromatic carbocycles. The van der Waals surface area contributed by atoms with Crippen LogP contribution in [0.4, 0.5) is 5.69 Å². The lowest BCUT2D eigenvalue weighted by Crippen LogP contribution is -2.19. The lowest BCUT2D eigenvalue weighted by atomic mass is 10.2. The van der Waals surface area contributed by atoms with Gasteiger partial charge in [-0.3, -0.25) is 9.48 Å². The van der Waals surface area contributed by atoms with Crippen molar-refractivity contribution in [2.45, 2.75) is 13.3 Å². The molecule has 0 saturated carbocycles. The Labute approximate surface area is 171 Å². The Hall–Kier alpha value is -3.12. The number of hydrogen-bond acceptors (Lipinski definition) is 4. The molecule has 29 heavy (non-hydrogen) atoms. The van der Waals surface area contributed by atoms with Gasteiger partial charge >= 0.3 is 0 Å². The van der Waals surface area contributed by atoms with E-state index in [-0.39, 0.29) is 5.56 Å². The quantitative estimate of drug-likeness (QED) is 0.435. The lowest BCUT2D eigenvalue weighted by molar-refractivity contribution is 0.281. The van der Waals surface area contributed by atoms with E-state index in [0.717, 1.165) is 35.7 Å². The summed E-state index contributed by atoms with van der Waals surface area (Å²) >= 11 is 0. The van der Waals surface area contributed by atoms with Gasteiger partial charge in [0.15, 0.2) is 5.69 Å². The molecule has 0 N–H and O–H groups in total. The van der Waals surface area contributed by atoms with E-state index in [1.165, 1.54) is 0 Å². The summed E-state index contributed by atoms with van der Waals surface area (Å²) in [6.45, 7) is 3.59. The van der Waals surface area contributed by atoms with Gasteiger partial charge in [-0.05, 0) is 69.4 Å². The highest BCUT2D eigenvalue weighted by molar-refractivity contribution is 5.82. The molecule has 0 atom stereocenters. The molecule has 1 aromatic heterocycles. The van der Waals surface area contributed by atoms with Gasteiger partial charge in [0.2, 0.25) is 0 Å². The molecule has 0 aliphatic rings. The Morgan fingerprint density at radius 1 is 1.07 bits per heavy atom. The highest BCUT2D eigenvalue weighted by atomic mass is 16.5. The third kappa shape index (κ3) is 5.03. The molecule has 0 fully saturated rings. The van der Waals surface area contributed by atoms with E-state index < -0.39 is 0 Å². The van der Waals surface area contributed by atoms with Crippen molar-refractivity contribution in [1.82, 2.24) is 14.3 Å². The standard InChI is InChI=1S/C23H28N4O2/c1-18-22(23(28)27(26(18)4)20-9-6-5-7-10-20)24-17-19-11-13-21(14-12-19)29-16-8-15-25(2)3/h5-7,9-14,17H,8,15-16H2,1-4H3. The Morgan fingerprint density at radius 3 is 2.41 bits per heavy atom. The van der Waals surface area contributed by atoms with Crippen molar-refractivity contribution in [3.8, 4) is 11.4 Å². The van der Waals surface area contributed by atoms with Crippen molar-refractivity contribution < 1.29 is 4.74 Å². The fourth-order valence-corrected chi connectivity index (χ4v) is 3.06. The Morgan fingerprint density at radius 2 is 1.76 bits per heavy atom. The van der Waals surface area contributed by atoms with Crippen molar-refractivity contribution in [2.24, 2.45) is 12.0 Å². The van der Waals surface area contributed by atoms with Crippen molar-refractivity contribution in [1.29, 1.82) is 0 Å². The molecule has 1 heterocycles. The van der Waals surface area contributed by atoms with Crippen LogP contribution < -0.4 is 10.3 Å². The van der Waals surface area contributed by atoms with Crippen LogP contribution in [0.2, 0.25) is 0 Å². The smallest absolute Gasteiger partial charge is 0.297 e. The summed E-state index contributed by atoms with van der Waals surface area (Å²) in [7, 11) is 5.97. The van der Waals surface area contributed by atoms with Crippen LogP contribution in [0.1, 0.15) is 17.7 Å². The first-order chi connectivity index (χ1) is 14.0. The summed E-state index contributed by atoms with van der Waals surface area (Å²) in [5, 5.41) is 0. The summed E-state index contributed by atoms with van der Waals surface area (Å²) in [6.07, 6.45) is 2.70. The molecule has 3 rings (SSSR count). The first-order valence-corrected chi connectivity index (χ1v) is 9.73. The Balaban J connectivity index is 1.73. The van der Waals surface area contributed by atoms with E-state index in [2.05, 4.69) is 24.0 Å². The highest BCUT2D eigenvalue weighted by Gasteiger charge is 2.14. The number of ether oxygens (including phenoxy) is 1. The monoisotopic (exact) mass is 392 g/mol. The maximum atomic E-state index is 12.9. The first kappa shape index (κ1) is 20.6. The molecule has 0 spiro atoms. The van der Waals surface area contributed by atoms with E-state index in [9.17, 15) is 4.79 Å². The molecular formula is C23H28N4O2. The topological polar surface area (TPSA) is 51.8 Å². The van der Waals surface area contributed by atoms with Crippen LogP contribution in [0.25, 0.3) is 5.69 Å². The summed E-state index contributed by atoms with van der Waals surface area (Å²) in [5.74, 6) is 0.836. The van der Waals surface area contributed by atoms with Gasteiger partial charge in [0.05, 0.1) is 18.0 Å². The molecule has 152 valence electrons. The number of para-hydroxylation sites is 1. The van der Waals surface area contributed by atoms with Gasteiger partial charge in [0.1, 0.15) is 5.75 Å². The molecule has 0 bridgehead atoms. The average Bonchev–Trinajstić information content (AvgIpc) is 2.93. The predicted octanol–water partition coefficient (Wildman–Crippen LogP) is 3.57. The van der Waals surface area contributed by atoms with E-state index >= 15 is 0 Å². The number of aliphatic imine (C=N–C) groups is 1. The van der Waals surface area contributed by atoms with Crippen molar-refractivity contribution >= 4 is 11.9 Å². The Kier molecular flexibility index (Phi) is 6.67. The van der Waals surface area contributed by atoms with Crippen LogP contribution in [-0.2, 0) is 7.05 Å². The van der Waals surface area contributed by atoms with Crippen LogP contribution in [0, 0.1) is 6.92 Å². The van der Waals surface area contributed by atoms with Crippen molar-refractivity contribution in [3.63, 3.8) is 0 Å². The fourth-order valence-electron chi connectivity index (χ4n) is 3.06. The summed E-state index contributed by atoms with van der Waals surface area (Å²) in [6, 6.07) is 17.3. The minimum absolute atomic E-state index is 0.131. The summed E-state index contributed by atoms with van der Waals surface area (Å²) in [5.41, 5.74) is 2.87. The zero-order chi connectivity index (χ0) is 20.8. The molecule has 0 radical (unpaired) electrons. The number of benzene rings is 2. The number of hydrogen-bond donors (Lipinski definition) is 0. The SMILES string of the molecule is Cc1c(N=Cc2ccc(OCCCN(C)C)cc2)c(=O)n(-c2ccccc2)n1C. The molecule has 0 aliphatic heterocycles. The van der Waals surface area contributed by atoms with Gasteiger partial charge in [-0.2, -0.15) is 0 Å². The number of aromatic nitrogens is 2. The van der Waals surface area contributed by atoms with E-state index in [1.807, 2.05) is 73.3 Å². The van der Waals surface area contributed by atoms with Crippen LogP contribution in [0.3, 0.4) is 0 Å². The molecular weight excluding hydrogens is 364 g/mol. The maximum Gasteiger partial charge on any atom is 0.297 e. The van der Waals surface area contributed by atoms with Gasteiger partial charge in [-0.15, -0.1) is 0 Å². The molecule has 0 unspecified atom stereocenters. The zero-order valence-electron chi connectivity index (χ0n) is 17.5. The fraction of sp³-hybridized carbons (Fsp3) is 0.304. The number of rotatable bonds is 8. The maximum absolute atomic E-state index is 12.9. The highest BCUT2D eigenvalue weighted by Crippen LogP contribution is 2.17. The van der Waals surface area contributed by atoms with Crippen LogP contribution in [0.15, 0.2) is 64.4 Å². The molecule has 3 aromatic rings. The van der Waals surface area contributed by atoms with Gasteiger partial charge in [0.25, 0.3) is 5.56 Å². The van der Waals surface area contributed by atoms with Gasteiger partial charge in [-0.1, -0.05) is 18.2 Å². The summed E-state index contributed by atoms with van der Waals surface area (Å²) < 4.78 is 9.21. The average molecular weight is 393 g/mol. The number of nitrogens with zero attached hydrogens (tertiary/aromatic N) is 4. The predicted molar refractivity (Wildman–Crippen MR) is 118 cm³/mol. The van der Waals surface area contributed by atoms with Crippen LogP contribution >= 0.6 is 0 Å². The third-order valence-corrected chi connectivity index (χ3v) is 4.77. The second-order valence-electron chi connectivity index (χ2n) is 7.24. The lowest BCUT2D eigenvalue weighted by Gasteiger charge is -2.10. The first-order valence-electron chi connectivity index (χ1n) is 9.73. The zero-order valence-corrected chi connectivity index (χ0v) is 17.5. The van der Waals surface area contributed by atoms with Gasteiger partial charge in [-0.25, -0.2) is 9.67 Å². The molecule has 6 heteroatoms. The molecule has 6 nitrogen and oxygen atoms in total. The third-order valence-electron chi connectivity index (χ3n) is 4.77. The molecule has 0 saturated heterocycles. The van der Waals surface area contributed by atoms with E-state index in [0.29, 0.717) is 12.3 Å². The largest absolute Gasteiger partial charge is 0.494 e.